The lowest BCUT2D eigenvalue weighted by Gasteiger charge is -2.11. The van der Waals surface area contributed by atoms with Gasteiger partial charge in [0.05, 0.1) is 5.56 Å². The largest absolute Gasteiger partial charge is 0.457 e. The van der Waals surface area contributed by atoms with Gasteiger partial charge in [0.1, 0.15) is 12.2 Å². The lowest BCUT2D eigenvalue weighted by atomic mass is 9.98. The van der Waals surface area contributed by atoms with Crippen LogP contribution >= 0.6 is 0 Å². The Morgan fingerprint density at radius 3 is 2.29 bits per heavy atom. The molecule has 0 saturated carbocycles. The molecule has 0 bridgehead atoms. The monoisotopic (exact) mass is 412 g/mol. The maximum absolute atomic E-state index is 12.9. The van der Waals surface area contributed by atoms with E-state index in [1.807, 2.05) is 32.0 Å². The smallest absolute Gasteiger partial charge is 0.339 e. The summed E-state index contributed by atoms with van der Waals surface area (Å²) in [5, 5.41) is 0.712. The lowest BCUT2D eigenvalue weighted by Crippen LogP contribution is -2.13. The van der Waals surface area contributed by atoms with E-state index in [2.05, 4.69) is 0 Å². The van der Waals surface area contributed by atoms with Gasteiger partial charge in [-0.15, -0.1) is 0 Å². The number of rotatable bonds is 5. The quantitative estimate of drug-likeness (QED) is 0.262. The van der Waals surface area contributed by atoms with Gasteiger partial charge in [0, 0.05) is 28.1 Å². The van der Waals surface area contributed by atoms with Crippen LogP contribution in [0.15, 0.2) is 82.0 Å². The van der Waals surface area contributed by atoms with Crippen molar-refractivity contribution in [2.75, 3.05) is 0 Å². The van der Waals surface area contributed by atoms with Crippen molar-refractivity contribution in [1.29, 1.82) is 0 Å². The highest BCUT2D eigenvalue weighted by molar-refractivity contribution is 6.14. The van der Waals surface area contributed by atoms with Crippen molar-refractivity contribution in [2.24, 2.45) is 0 Å². The Hall–Kier alpha value is -3.99. The average Bonchev–Trinajstić information content (AvgIpc) is 2.80. The molecule has 1 heterocycles. The Kier molecular flexibility index (Phi) is 5.50. The van der Waals surface area contributed by atoms with Crippen molar-refractivity contribution in [3.8, 4) is 0 Å². The third kappa shape index (κ3) is 4.03. The molecule has 5 nitrogen and oxygen atoms in total. The van der Waals surface area contributed by atoms with E-state index in [0.717, 1.165) is 11.1 Å². The summed E-state index contributed by atoms with van der Waals surface area (Å²) >= 11 is 0. The zero-order valence-corrected chi connectivity index (χ0v) is 17.2. The first kappa shape index (κ1) is 20.3. The van der Waals surface area contributed by atoms with E-state index in [1.54, 1.807) is 48.5 Å². The molecule has 1 aromatic heterocycles. The molecule has 4 aromatic rings. The van der Waals surface area contributed by atoms with Crippen molar-refractivity contribution in [3.05, 3.63) is 117 Å². The molecule has 0 unspecified atom stereocenters. The van der Waals surface area contributed by atoms with Crippen LogP contribution in [-0.2, 0) is 11.3 Å². The topological polar surface area (TPSA) is 73.6 Å². The minimum absolute atomic E-state index is 0.114. The Morgan fingerprint density at radius 1 is 0.871 bits per heavy atom. The van der Waals surface area contributed by atoms with Crippen LogP contribution in [0.2, 0.25) is 0 Å². The fourth-order valence-electron chi connectivity index (χ4n) is 3.47. The molecular weight excluding hydrogens is 392 g/mol. The second-order valence-electron chi connectivity index (χ2n) is 7.29. The maximum Gasteiger partial charge on any atom is 0.339 e. The fourth-order valence-corrected chi connectivity index (χ4v) is 3.47. The molecule has 0 N–H and O–H groups in total. The fraction of sp³-hybridized carbons (Fsp3) is 0.115. The number of hydrogen-bond acceptors (Lipinski definition) is 5. The van der Waals surface area contributed by atoms with E-state index in [9.17, 15) is 14.4 Å². The highest BCUT2D eigenvalue weighted by Crippen LogP contribution is 2.24. The van der Waals surface area contributed by atoms with Crippen LogP contribution in [0.5, 0.6) is 0 Å². The van der Waals surface area contributed by atoms with E-state index in [1.165, 1.54) is 6.07 Å². The molecule has 31 heavy (non-hydrogen) atoms. The van der Waals surface area contributed by atoms with Crippen LogP contribution in [-0.4, -0.2) is 11.8 Å². The number of carbonyl (C=O) groups is 2. The summed E-state index contributed by atoms with van der Waals surface area (Å²) in [4.78, 5) is 37.7. The summed E-state index contributed by atoms with van der Waals surface area (Å²) in [6.45, 7) is 3.70. The number of hydrogen-bond donors (Lipinski definition) is 0. The number of esters is 1. The molecule has 0 aliphatic heterocycles. The third-order valence-electron chi connectivity index (χ3n) is 5.30. The Morgan fingerprint density at radius 2 is 1.55 bits per heavy atom. The maximum atomic E-state index is 12.9. The normalized spacial score (nSPS) is 10.8. The van der Waals surface area contributed by atoms with Crippen LogP contribution in [0.25, 0.3) is 11.0 Å². The predicted molar refractivity (Wildman–Crippen MR) is 117 cm³/mol. The molecule has 0 radical (unpaired) electrons. The van der Waals surface area contributed by atoms with Gasteiger partial charge in [-0.25, -0.2) is 9.59 Å². The number of benzene rings is 3. The number of aryl methyl sites for hydroxylation is 2. The molecule has 0 spiro atoms. The van der Waals surface area contributed by atoms with Gasteiger partial charge < -0.3 is 9.15 Å². The van der Waals surface area contributed by atoms with Gasteiger partial charge in [-0.05, 0) is 31.0 Å². The van der Waals surface area contributed by atoms with Crippen molar-refractivity contribution in [1.82, 2.24) is 0 Å². The number of carbonyl (C=O) groups excluding carboxylic acids is 2. The van der Waals surface area contributed by atoms with E-state index in [-0.39, 0.29) is 23.5 Å². The summed E-state index contributed by atoms with van der Waals surface area (Å²) in [7, 11) is 0. The number of ether oxygens (including phenoxy) is 1. The van der Waals surface area contributed by atoms with Gasteiger partial charge in [-0.2, -0.15) is 0 Å². The second kappa shape index (κ2) is 8.40. The first-order valence-electron chi connectivity index (χ1n) is 9.84. The van der Waals surface area contributed by atoms with Gasteiger partial charge in [0.2, 0.25) is 0 Å². The van der Waals surface area contributed by atoms with Crippen LogP contribution in [0.3, 0.4) is 0 Å². The number of fused-ring (bicyclic) bond motifs is 1. The average molecular weight is 412 g/mol. The minimum Gasteiger partial charge on any atom is -0.457 e. The molecule has 0 amide bonds. The molecule has 0 atom stereocenters. The molecule has 0 aliphatic carbocycles. The molecule has 0 fully saturated rings. The highest BCUT2D eigenvalue weighted by atomic mass is 16.5. The van der Waals surface area contributed by atoms with Crippen LogP contribution in [0, 0.1) is 13.8 Å². The summed E-state index contributed by atoms with van der Waals surface area (Å²) in [6.07, 6.45) is 0. The van der Waals surface area contributed by atoms with Crippen molar-refractivity contribution in [3.63, 3.8) is 0 Å². The molecule has 0 saturated heterocycles. The molecule has 3 aromatic carbocycles. The van der Waals surface area contributed by atoms with Gasteiger partial charge in [-0.1, -0.05) is 60.7 Å². The predicted octanol–water partition coefficient (Wildman–Crippen LogP) is 5.00. The summed E-state index contributed by atoms with van der Waals surface area (Å²) < 4.78 is 10.9. The van der Waals surface area contributed by atoms with Gasteiger partial charge >= 0.3 is 11.6 Å². The Bertz CT molecular complexity index is 1350. The van der Waals surface area contributed by atoms with Crippen molar-refractivity contribution in [2.45, 2.75) is 20.5 Å². The molecular formula is C26H20O5. The van der Waals surface area contributed by atoms with Gasteiger partial charge in [0.15, 0.2) is 5.78 Å². The summed E-state index contributed by atoms with van der Waals surface area (Å²) in [6, 6.07) is 20.4. The lowest BCUT2D eigenvalue weighted by molar-refractivity contribution is 0.0471. The summed E-state index contributed by atoms with van der Waals surface area (Å²) in [5.74, 6) is -0.893. The SMILES string of the molecule is Cc1ccc2c(COC(=O)c3ccccc3C(=O)c3ccccc3)cc(=O)oc2c1C. The van der Waals surface area contributed by atoms with Crippen LogP contribution in [0.1, 0.15) is 43.0 Å². The molecule has 5 heteroatoms. The van der Waals surface area contributed by atoms with Crippen LogP contribution in [0.4, 0.5) is 0 Å². The highest BCUT2D eigenvalue weighted by Gasteiger charge is 2.19. The van der Waals surface area contributed by atoms with E-state index >= 15 is 0 Å². The zero-order valence-electron chi connectivity index (χ0n) is 17.2. The van der Waals surface area contributed by atoms with E-state index in [0.29, 0.717) is 22.1 Å². The second-order valence-corrected chi connectivity index (χ2v) is 7.29. The Balaban J connectivity index is 1.63. The van der Waals surface area contributed by atoms with Crippen molar-refractivity contribution >= 4 is 22.7 Å². The minimum atomic E-state index is -0.634. The van der Waals surface area contributed by atoms with Gasteiger partial charge in [0.25, 0.3) is 0 Å². The molecule has 0 aliphatic rings. The summed E-state index contributed by atoms with van der Waals surface area (Å²) in [5.41, 5.74) is 3.32. The number of ketones is 1. The van der Waals surface area contributed by atoms with E-state index < -0.39 is 11.6 Å². The molecule has 154 valence electrons. The van der Waals surface area contributed by atoms with Crippen LogP contribution < -0.4 is 5.63 Å². The zero-order chi connectivity index (χ0) is 22.0. The van der Waals surface area contributed by atoms with E-state index in [4.69, 9.17) is 9.15 Å². The van der Waals surface area contributed by atoms with Crippen molar-refractivity contribution < 1.29 is 18.7 Å². The first-order chi connectivity index (χ1) is 15.0. The Labute approximate surface area is 178 Å². The third-order valence-corrected chi connectivity index (χ3v) is 5.30. The first-order valence-corrected chi connectivity index (χ1v) is 9.84. The standard InChI is InChI=1S/C26H20O5/c1-16-12-13-20-19(14-23(27)31-25(20)17(16)2)15-30-26(29)22-11-7-6-10-21(22)24(28)18-8-4-3-5-9-18/h3-14H,15H2,1-2H3. The molecule has 4 rings (SSSR count). The van der Waals surface area contributed by atoms with Gasteiger partial charge in [-0.3, -0.25) is 4.79 Å².